The van der Waals surface area contributed by atoms with E-state index in [-0.39, 0.29) is 17.9 Å². The van der Waals surface area contributed by atoms with Crippen molar-refractivity contribution in [2.24, 2.45) is 0 Å². The molecule has 0 atom stereocenters. The predicted molar refractivity (Wildman–Crippen MR) is 74.0 cm³/mol. The smallest absolute Gasteiger partial charge is 0.161 e. The fraction of sp³-hybridized carbons (Fsp3) is 0.571. The summed E-state index contributed by atoms with van der Waals surface area (Å²) in [6.07, 6.45) is 4.89. The van der Waals surface area contributed by atoms with E-state index in [0.717, 1.165) is 24.5 Å². The molecule has 0 bridgehead atoms. The summed E-state index contributed by atoms with van der Waals surface area (Å²) in [6, 6.07) is 4.31. The van der Waals surface area contributed by atoms with Gasteiger partial charge in [-0.25, -0.2) is 0 Å². The summed E-state index contributed by atoms with van der Waals surface area (Å²) >= 11 is 0. The van der Waals surface area contributed by atoms with E-state index in [2.05, 4.69) is 17.4 Å². The van der Waals surface area contributed by atoms with Crippen LogP contribution < -0.4 is 14.8 Å². The Kier molecular flexibility index (Phi) is 3.74. The van der Waals surface area contributed by atoms with Crippen LogP contribution in [0.3, 0.4) is 0 Å². The van der Waals surface area contributed by atoms with Gasteiger partial charge in [0.25, 0.3) is 0 Å². The van der Waals surface area contributed by atoms with Crippen molar-refractivity contribution in [2.75, 3.05) is 20.8 Å². The van der Waals surface area contributed by atoms with Crippen molar-refractivity contribution in [3.05, 3.63) is 23.3 Å². The van der Waals surface area contributed by atoms with Crippen LogP contribution in [-0.4, -0.2) is 20.8 Å². The summed E-state index contributed by atoms with van der Waals surface area (Å²) in [4.78, 5) is 0. The average Bonchev–Trinajstić information content (AvgIpc) is 2.34. The van der Waals surface area contributed by atoms with Crippen LogP contribution in [0.4, 0.5) is 0 Å². The molecule has 1 saturated carbocycles. The minimum atomic E-state index is 0. The summed E-state index contributed by atoms with van der Waals surface area (Å²) in [5, 5.41) is 3.68. The maximum atomic E-state index is 5.41. The third-order valence-electron chi connectivity index (χ3n) is 4.19. The zero-order chi connectivity index (χ0) is 11.9. The van der Waals surface area contributed by atoms with E-state index in [1.807, 2.05) is 0 Å². The SMILES string of the molecule is COc1cc2c(cc1OC)C1(CCC1)NCC2.Cl. The molecular formula is C14H20ClNO2. The molecule has 0 unspecified atom stereocenters. The highest BCUT2D eigenvalue weighted by molar-refractivity contribution is 5.85. The van der Waals surface area contributed by atoms with Crippen LogP contribution >= 0.6 is 12.4 Å². The molecule has 1 aliphatic heterocycles. The van der Waals surface area contributed by atoms with Gasteiger partial charge in [-0.2, -0.15) is 0 Å². The lowest BCUT2D eigenvalue weighted by atomic mass is 9.68. The van der Waals surface area contributed by atoms with Gasteiger partial charge in [0.05, 0.1) is 14.2 Å². The van der Waals surface area contributed by atoms with E-state index in [4.69, 9.17) is 9.47 Å². The monoisotopic (exact) mass is 269 g/mol. The summed E-state index contributed by atoms with van der Waals surface area (Å²) in [5.74, 6) is 1.70. The van der Waals surface area contributed by atoms with Crippen LogP contribution in [0.15, 0.2) is 12.1 Å². The Morgan fingerprint density at radius 2 is 1.78 bits per heavy atom. The van der Waals surface area contributed by atoms with E-state index >= 15 is 0 Å². The molecule has 3 rings (SSSR count). The molecule has 1 spiro atoms. The summed E-state index contributed by atoms with van der Waals surface area (Å²) < 4.78 is 10.8. The first-order valence-corrected chi connectivity index (χ1v) is 6.29. The topological polar surface area (TPSA) is 30.5 Å². The van der Waals surface area contributed by atoms with Gasteiger partial charge in [0, 0.05) is 12.1 Å². The molecule has 1 aromatic rings. The minimum absolute atomic E-state index is 0. The standard InChI is InChI=1S/C14H19NO2.ClH/c1-16-12-8-10-4-7-15-14(5-3-6-14)11(10)9-13(12)17-2;/h8-9,15H,3-7H2,1-2H3;1H. The molecule has 3 nitrogen and oxygen atoms in total. The number of halogens is 1. The zero-order valence-corrected chi connectivity index (χ0v) is 11.7. The second-order valence-electron chi connectivity index (χ2n) is 4.98. The predicted octanol–water partition coefficient (Wildman–Crippen LogP) is 2.65. The lowest BCUT2D eigenvalue weighted by Gasteiger charge is -2.47. The number of hydrogen-bond donors (Lipinski definition) is 1. The number of nitrogens with one attached hydrogen (secondary N) is 1. The van der Waals surface area contributed by atoms with Crippen molar-refractivity contribution in [1.82, 2.24) is 5.32 Å². The molecule has 1 fully saturated rings. The summed E-state index contributed by atoms with van der Waals surface area (Å²) in [7, 11) is 3.40. The fourth-order valence-corrected chi connectivity index (χ4v) is 3.08. The molecule has 0 aromatic heterocycles. The molecule has 100 valence electrons. The Bertz CT molecular complexity index is 444. The minimum Gasteiger partial charge on any atom is -0.493 e. The third-order valence-corrected chi connectivity index (χ3v) is 4.19. The number of hydrogen-bond acceptors (Lipinski definition) is 3. The van der Waals surface area contributed by atoms with Gasteiger partial charge in [0.1, 0.15) is 0 Å². The average molecular weight is 270 g/mol. The molecule has 18 heavy (non-hydrogen) atoms. The van der Waals surface area contributed by atoms with Gasteiger partial charge in [-0.15, -0.1) is 12.4 Å². The molecule has 1 N–H and O–H groups in total. The van der Waals surface area contributed by atoms with Crippen molar-refractivity contribution in [1.29, 1.82) is 0 Å². The van der Waals surface area contributed by atoms with Crippen LogP contribution in [0.2, 0.25) is 0 Å². The van der Waals surface area contributed by atoms with Crippen LogP contribution in [0.5, 0.6) is 11.5 Å². The van der Waals surface area contributed by atoms with Crippen LogP contribution in [0, 0.1) is 0 Å². The zero-order valence-electron chi connectivity index (χ0n) is 10.9. The van der Waals surface area contributed by atoms with Gasteiger partial charge in [-0.3, -0.25) is 0 Å². The molecule has 4 heteroatoms. The maximum absolute atomic E-state index is 5.41. The van der Waals surface area contributed by atoms with E-state index in [0.29, 0.717) is 0 Å². The lowest BCUT2D eigenvalue weighted by molar-refractivity contribution is 0.175. The molecule has 0 amide bonds. The van der Waals surface area contributed by atoms with Gasteiger partial charge in [0.15, 0.2) is 11.5 Å². The summed E-state index contributed by atoms with van der Waals surface area (Å²) in [5.41, 5.74) is 3.07. The van der Waals surface area contributed by atoms with Crippen LogP contribution in [0.1, 0.15) is 30.4 Å². The number of methoxy groups -OCH3 is 2. The normalized spacial score (nSPS) is 19.4. The van der Waals surface area contributed by atoms with E-state index in [9.17, 15) is 0 Å². The van der Waals surface area contributed by atoms with Crippen molar-refractivity contribution in [3.8, 4) is 11.5 Å². The Balaban J connectivity index is 0.00000120. The Labute approximate surface area is 114 Å². The lowest BCUT2D eigenvalue weighted by Crippen LogP contribution is -2.52. The number of rotatable bonds is 2. The molecule has 1 aromatic carbocycles. The first kappa shape index (κ1) is 13.5. The van der Waals surface area contributed by atoms with Crippen molar-refractivity contribution in [2.45, 2.75) is 31.2 Å². The molecule has 0 saturated heterocycles. The first-order chi connectivity index (χ1) is 8.29. The largest absolute Gasteiger partial charge is 0.493 e. The molecule has 1 aliphatic carbocycles. The van der Waals surface area contributed by atoms with Gasteiger partial charge in [-0.05, 0) is 48.9 Å². The van der Waals surface area contributed by atoms with E-state index in [1.54, 1.807) is 14.2 Å². The number of ether oxygens (including phenoxy) is 2. The summed E-state index contributed by atoms with van der Waals surface area (Å²) in [6.45, 7) is 1.07. The van der Waals surface area contributed by atoms with E-state index in [1.165, 1.54) is 30.4 Å². The maximum Gasteiger partial charge on any atom is 0.161 e. The van der Waals surface area contributed by atoms with Gasteiger partial charge < -0.3 is 14.8 Å². The second kappa shape index (κ2) is 4.98. The van der Waals surface area contributed by atoms with Gasteiger partial charge in [-0.1, -0.05) is 0 Å². The van der Waals surface area contributed by atoms with Crippen molar-refractivity contribution < 1.29 is 9.47 Å². The number of benzene rings is 1. The first-order valence-electron chi connectivity index (χ1n) is 6.29. The second-order valence-corrected chi connectivity index (χ2v) is 4.98. The van der Waals surface area contributed by atoms with Crippen molar-refractivity contribution in [3.63, 3.8) is 0 Å². The van der Waals surface area contributed by atoms with Crippen LogP contribution in [0.25, 0.3) is 0 Å². The molecule has 0 radical (unpaired) electrons. The molecule has 1 heterocycles. The Morgan fingerprint density at radius 3 is 2.33 bits per heavy atom. The Hall–Kier alpha value is -0.930. The highest BCUT2D eigenvalue weighted by Gasteiger charge is 2.42. The molecular weight excluding hydrogens is 250 g/mol. The highest BCUT2D eigenvalue weighted by atomic mass is 35.5. The van der Waals surface area contributed by atoms with Crippen LogP contribution in [-0.2, 0) is 12.0 Å². The van der Waals surface area contributed by atoms with E-state index < -0.39 is 0 Å². The quantitative estimate of drug-likeness (QED) is 0.895. The Morgan fingerprint density at radius 1 is 1.11 bits per heavy atom. The van der Waals surface area contributed by atoms with Crippen molar-refractivity contribution >= 4 is 12.4 Å². The van der Waals surface area contributed by atoms with Gasteiger partial charge in [0.2, 0.25) is 0 Å². The third kappa shape index (κ3) is 1.86. The fourth-order valence-electron chi connectivity index (χ4n) is 3.08. The molecule has 2 aliphatic rings. The van der Waals surface area contributed by atoms with Gasteiger partial charge >= 0.3 is 0 Å². The number of fused-ring (bicyclic) bond motifs is 2. The highest BCUT2D eigenvalue weighted by Crippen LogP contribution is 2.47.